The highest BCUT2D eigenvalue weighted by molar-refractivity contribution is 5.73. The van der Waals surface area contributed by atoms with Crippen LogP contribution < -0.4 is 5.32 Å². The van der Waals surface area contributed by atoms with Crippen molar-refractivity contribution in [2.75, 3.05) is 0 Å². The smallest absolute Gasteiger partial charge is 0.320 e. The van der Waals surface area contributed by atoms with Crippen molar-refractivity contribution in [1.29, 1.82) is 0 Å². The molecule has 0 amide bonds. The Morgan fingerprint density at radius 1 is 1.15 bits per heavy atom. The highest BCUT2D eigenvalue weighted by Crippen LogP contribution is 2.40. The van der Waals surface area contributed by atoms with Crippen LogP contribution in [-0.4, -0.2) is 22.1 Å². The summed E-state index contributed by atoms with van der Waals surface area (Å²) >= 11 is 0. The van der Waals surface area contributed by atoms with Crippen LogP contribution in [0.2, 0.25) is 0 Å². The largest absolute Gasteiger partial charge is 0.480 e. The number of benzene rings is 1. The maximum Gasteiger partial charge on any atom is 0.320 e. The van der Waals surface area contributed by atoms with E-state index in [1.165, 1.54) is 36.5 Å². The molecule has 2 N–H and O–H groups in total. The summed E-state index contributed by atoms with van der Waals surface area (Å²) in [6, 6.07) is 5.81. The molecule has 0 aliphatic heterocycles. The molecule has 2 rings (SSSR count). The Labute approximate surface area is 156 Å². The Bertz CT molecular complexity index is 759. The van der Waals surface area contributed by atoms with Crippen LogP contribution in [0.1, 0.15) is 44.5 Å². The Balaban J connectivity index is 2.46. The molecule has 0 radical (unpaired) electrons. The van der Waals surface area contributed by atoms with Crippen LogP contribution in [0.5, 0.6) is 0 Å². The van der Waals surface area contributed by atoms with E-state index in [2.05, 4.69) is 10.3 Å². The van der Waals surface area contributed by atoms with Crippen LogP contribution >= 0.6 is 0 Å². The van der Waals surface area contributed by atoms with Crippen molar-refractivity contribution in [3.63, 3.8) is 0 Å². The second kappa shape index (κ2) is 8.08. The van der Waals surface area contributed by atoms with Gasteiger partial charge in [0.2, 0.25) is 0 Å². The number of nitrogens with one attached hydrogen (secondary N) is 1. The lowest BCUT2D eigenvalue weighted by atomic mass is 9.87. The predicted molar refractivity (Wildman–Crippen MR) is 95.9 cm³/mol. The van der Waals surface area contributed by atoms with Gasteiger partial charge in [-0.25, -0.2) is 4.39 Å². The minimum Gasteiger partial charge on any atom is -0.480 e. The molecule has 1 aromatic heterocycles. The fourth-order valence-electron chi connectivity index (χ4n) is 2.80. The molecule has 4 nitrogen and oxygen atoms in total. The monoisotopic (exact) mass is 380 g/mol. The zero-order valence-electron chi connectivity index (χ0n) is 15.4. The average Bonchev–Trinajstić information content (AvgIpc) is 2.59. The van der Waals surface area contributed by atoms with Gasteiger partial charge in [0.15, 0.2) is 0 Å². The summed E-state index contributed by atoms with van der Waals surface area (Å²) in [4.78, 5) is 15.4. The summed E-state index contributed by atoms with van der Waals surface area (Å²) in [7, 11) is 0. The van der Waals surface area contributed by atoms with Gasteiger partial charge < -0.3 is 5.11 Å². The summed E-state index contributed by atoms with van der Waals surface area (Å²) in [6.07, 6.45) is 1.38. The molecule has 0 saturated heterocycles. The first kappa shape index (κ1) is 20.9. The second-order valence-corrected chi connectivity index (χ2v) is 7.64. The number of hydrogen-bond acceptors (Lipinski definition) is 3. The van der Waals surface area contributed by atoms with Crippen molar-refractivity contribution in [3.05, 3.63) is 65.7 Å². The molecule has 1 aromatic carbocycles. The molecule has 1 heterocycles. The van der Waals surface area contributed by atoms with E-state index in [0.29, 0.717) is 0 Å². The third kappa shape index (κ3) is 5.53. The summed E-state index contributed by atoms with van der Waals surface area (Å²) < 4.78 is 43.8. The fourth-order valence-corrected chi connectivity index (χ4v) is 2.80. The lowest BCUT2D eigenvalue weighted by Crippen LogP contribution is -2.46. The van der Waals surface area contributed by atoms with E-state index >= 15 is 8.78 Å². The SMILES string of the molecule is CC(C)(C)CC(N[C@@H](c1ccc(F)cc1)C(F)(F)c1ccccn1)C(=O)O. The van der Waals surface area contributed by atoms with Gasteiger partial charge in [-0.15, -0.1) is 0 Å². The summed E-state index contributed by atoms with van der Waals surface area (Å²) in [6.45, 7) is 5.48. The molecule has 7 heteroatoms. The molecule has 2 atom stereocenters. The van der Waals surface area contributed by atoms with Crippen LogP contribution in [0, 0.1) is 11.2 Å². The number of carboxylic acid groups (broad SMARTS) is 1. The Kier molecular flexibility index (Phi) is 6.26. The number of aliphatic carboxylic acids is 1. The Hall–Kier alpha value is -2.41. The normalized spacial score (nSPS) is 14.6. The van der Waals surface area contributed by atoms with Crippen LogP contribution in [-0.2, 0) is 10.7 Å². The second-order valence-electron chi connectivity index (χ2n) is 7.64. The number of alkyl halides is 2. The van der Waals surface area contributed by atoms with Gasteiger partial charge in [-0.05, 0) is 41.7 Å². The summed E-state index contributed by atoms with van der Waals surface area (Å²) in [5.74, 6) is -5.30. The number of pyridine rings is 1. The maximum absolute atomic E-state index is 15.3. The highest BCUT2D eigenvalue weighted by Gasteiger charge is 2.45. The standard InChI is InChI=1S/C20H23F3N2O2/c1-19(2,3)12-15(18(26)27)25-17(13-7-9-14(21)10-8-13)20(22,23)16-6-4-5-11-24-16/h4-11,15,17,25H,12H2,1-3H3,(H,26,27)/t15?,17-/m0/s1. The van der Waals surface area contributed by atoms with Crippen LogP contribution in [0.4, 0.5) is 13.2 Å². The van der Waals surface area contributed by atoms with Gasteiger partial charge in [-0.3, -0.25) is 15.1 Å². The Morgan fingerprint density at radius 2 is 1.78 bits per heavy atom. The minimum atomic E-state index is -3.51. The van der Waals surface area contributed by atoms with Gasteiger partial charge in [0.1, 0.15) is 23.6 Å². The molecule has 2 aromatic rings. The molecule has 0 saturated carbocycles. The van der Waals surface area contributed by atoms with Crippen LogP contribution in [0.25, 0.3) is 0 Å². The maximum atomic E-state index is 15.3. The number of hydrogen-bond donors (Lipinski definition) is 2. The van der Waals surface area contributed by atoms with Crippen LogP contribution in [0.3, 0.4) is 0 Å². The van der Waals surface area contributed by atoms with Crippen molar-refractivity contribution >= 4 is 5.97 Å². The van der Waals surface area contributed by atoms with E-state index in [-0.39, 0.29) is 12.0 Å². The number of aromatic nitrogens is 1. The van der Waals surface area contributed by atoms with Crippen molar-refractivity contribution in [2.45, 2.75) is 45.2 Å². The topological polar surface area (TPSA) is 62.2 Å². The molecule has 0 aliphatic carbocycles. The zero-order chi connectivity index (χ0) is 20.2. The molecule has 1 unspecified atom stereocenters. The molecule has 0 spiro atoms. The first-order valence-electron chi connectivity index (χ1n) is 8.54. The molecule has 0 fully saturated rings. The van der Waals surface area contributed by atoms with Gasteiger partial charge in [-0.1, -0.05) is 39.0 Å². The van der Waals surface area contributed by atoms with E-state index in [0.717, 1.165) is 12.1 Å². The highest BCUT2D eigenvalue weighted by atomic mass is 19.3. The molecule has 27 heavy (non-hydrogen) atoms. The van der Waals surface area contributed by atoms with Gasteiger partial charge >= 0.3 is 11.9 Å². The average molecular weight is 380 g/mol. The fraction of sp³-hybridized carbons (Fsp3) is 0.400. The molecule has 146 valence electrons. The molecular weight excluding hydrogens is 357 g/mol. The van der Waals surface area contributed by atoms with E-state index in [4.69, 9.17) is 0 Å². The minimum absolute atomic E-state index is 0.0761. The lowest BCUT2D eigenvalue weighted by Gasteiger charge is -2.32. The number of nitrogens with zero attached hydrogens (tertiary/aromatic N) is 1. The van der Waals surface area contributed by atoms with Gasteiger partial charge in [0.25, 0.3) is 0 Å². The zero-order valence-corrected chi connectivity index (χ0v) is 15.4. The first-order valence-corrected chi connectivity index (χ1v) is 8.54. The van der Waals surface area contributed by atoms with Crippen molar-refractivity contribution in [3.8, 4) is 0 Å². The van der Waals surface area contributed by atoms with Crippen molar-refractivity contribution < 1.29 is 23.1 Å². The van der Waals surface area contributed by atoms with E-state index in [1.54, 1.807) is 0 Å². The molecule has 0 aliphatic rings. The number of carboxylic acids is 1. The molecule has 0 bridgehead atoms. The van der Waals surface area contributed by atoms with Gasteiger partial charge in [-0.2, -0.15) is 8.78 Å². The predicted octanol–water partition coefficient (Wildman–Crippen LogP) is 4.53. The summed E-state index contributed by atoms with van der Waals surface area (Å²) in [5, 5.41) is 12.1. The van der Waals surface area contributed by atoms with Crippen molar-refractivity contribution in [1.82, 2.24) is 10.3 Å². The van der Waals surface area contributed by atoms with E-state index < -0.39 is 40.9 Å². The quantitative estimate of drug-likeness (QED) is 0.741. The van der Waals surface area contributed by atoms with E-state index in [9.17, 15) is 14.3 Å². The van der Waals surface area contributed by atoms with Crippen molar-refractivity contribution in [2.24, 2.45) is 5.41 Å². The third-order valence-corrected chi connectivity index (χ3v) is 4.05. The molecular formula is C20H23F3N2O2. The lowest BCUT2D eigenvalue weighted by molar-refractivity contribution is -0.142. The van der Waals surface area contributed by atoms with Gasteiger partial charge in [0, 0.05) is 6.20 Å². The Morgan fingerprint density at radius 3 is 2.26 bits per heavy atom. The van der Waals surface area contributed by atoms with E-state index in [1.807, 2.05) is 20.8 Å². The summed E-state index contributed by atoms with van der Waals surface area (Å²) in [5.41, 5.74) is -0.817. The number of rotatable bonds is 7. The van der Waals surface area contributed by atoms with Crippen LogP contribution in [0.15, 0.2) is 48.7 Å². The van der Waals surface area contributed by atoms with Gasteiger partial charge in [0.05, 0.1) is 0 Å². The number of carbonyl (C=O) groups is 1. The third-order valence-electron chi connectivity index (χ3n) is 4.05. The number of halogens is 3. The first-order chi connectivity index (χ1) is 12.5.